The second kappa shape index (κ2) is 6.97. The number of carbonyl (C=O) groups excluding carboxylic acids is 1. The monoisotopic (exact) mass is 242 g/mol. The van der Waals surface area contributed by atoms with Gasteiger partial charge in [0.2, 0.25) is 5.91 Å². The highest BCUT2D eigenvalue weighted by Gasteiger charge is 2.24. The molecule has 4 heteroatoms. The highest BCUT2D eigenvalue weighted by Crippen LogP contribution is 2.12. The standard InChI is InChI=1S/C13H26N2O2/c1-5-11(6-2)13(16)15(4)10-12-9-14(3)7-8-17-12/h11-12H,5-10H2,1-4H3. The smallest absolute Gasteiger partial charge is 0.225 e. The number of amides is 1. The van der Waals surface area contributed by atoms with Gasteiger partial charge < -0.3 is 14.5 Å². The minimum absolute atomic E-state index is 0.164. The van der Waals surface area contributed by atoms with Crippen LogP contribution >= 0.6 is 0 Å². The minimum Gasteiger partial charge on any atom is -0.374 e. The Morgan fingerprint density at radius 1 is 1.47 bits per heavy atom. The fourth-order valence-corrected chi connectivity index (χ4v) is 2.32. The molecule has 1 aliphatic rings. The lowest BCUT2D eigenvalue weighted by molar-refractivity contribution is -0.137. The first kappa shape index (κ1) is 14.5. The van der Waals surface area contributed by atoms with Gasteiger partial charge in [-0.05, 0) is 19.9 Å². The molecule has 1 rings (SSSR count). The Hall–Kier alpha value is -0.610. The van der Waals surface area contributed by atoms with Gasteiger partial charge in [0.05, 0.1) is 12.7 Å². The van der Waals surface area contributed by atoms with Gasteiger partial charge in [0, 0.05) is 32.6 Å². The molecule has 1 unspecified atom stereocenters. The average molecular weight is 242 g/mol. The third kappa shape index (κ3) is 4.28. The van der Waals surface area contributed by atoms with Crippen molar-refractivity contribution in [1.29, 1.82) is 0 Å². The molecule has 0 bridgehead atoms. The molecule has 1 heterocycles. The van der Waals surface area contributed by atoms with Crippen LogP contribution in [-0.2, 0) is 9.53 Å². The summed E-state index contributed by atoms with van der Waals surface area (Å²) < 4.78 is 5.68. The summed E-state index contributed by atoms with van der Waals surface area (Å²) in [5.74, 6) is 0.424. The summed E-state index contributed by atoms with van der Waals surface area (Å²) in [6.45, 7) is 7.53. The molecule has 4 nitrogen and oxygen atoms in total. The van der Waals surface area contributed by atoms with Crippen LogP contribution in [0.1, 0.15) is 26.7 Å². The van der Waals surface area contributed by atoms with Crippen molar-refractivity contribution in [2.45, 2.75) is 32.8 Å². The van der Waals surface area contributed by atoms with E-state index in [2.05, 4.69) is 25.8 Å². The van der Waals surface area contributed by atoms with E-state index in [1.807, 2.05) is 11.9 Å². The Bertz CT molecular complexity index is 242. The quantitative estimate of drug-likeness (QED) is 0.726. The Morgan fingerprint density at radius 3 is 2.65 bits per heavy atom. The molecule has 1 fully saturated rings. The highest BCUT2D eigenvalue weighted by atomic mass is 16.5. The summed E-state index contributed by atoms with van der Waals surface area (Å²) in [5.41, 5.74) is 0. The van der Waals surface area contributed by atoms with E-state index in [1.54, 1.807) is 0 Å². The number of rotatable bonds is 5. The lowest BCUT2D eigenvalue weighted by Gasteiger charge is -2.33. The van der Waals surface area contributed by atoms with Crippen LogP contribution in [0.5, 0.6) is 0 Å². The first-order valence-electron chi connectivity index (χ1n) is 6.63. The van der Waals surface area contributed by atoms with Gasteiger partial charge in [0.15, 0.2) is 0 Å². The summed E-state index contributed by atoms with van der Waals surface area (Å²) in [5, 5.41) is 0. The summed E-state index contributed by atoms with van der Waals surface area (Å²) in [6, 6.07) is 0. The normalized spacial score (nSPS) is 21.8. The van der Waals surface area contributed by atoms with Crippen LogP contribution in [-0.4, -0.2) is 62.1 Å². The second-order valence-corrected chi connectivity index (χ2v) is 4.99. The summed E-state index contributed by atoms with van der Waals surface area (Å²) in [6.07, 6.45) is 2.01. The molecule has 1 aliphatic heterocycles. The first-order valence-corrected chi connectivity index (χ1v) is 6.63. The van der Waals surface area contributed by atoms with E-state index in [9.17, 15) is 4.79 Å². The second-order valence-electron chi connectivity index (χ2n) is 4.99. The summed E-state index contributed by atoms with van der Waals surface area (Å²) >= 11 is 0. The van der Waals surface area contributed by atoms with Crippen LogP contribution in [0.15, 0.2) is 0 Å². The van der Waals surface area contributed by atoms with Crippen LogP contribution in [0.3, 0.4) is 0 Å². The SMILES string of the molecule is CCC(CC)C(=O)N(C)CC1CN(C)CCO1. The van der Waals surface area contributed by atoms with E-state index in [4.69, 9.17) is 4.74 Å². The van der Waals surface area contributed by atoms with E-state index in [-0.39, 0.29) is 17.9 Å². The Labute approximate surface area is 105 Å². The molecule has 1 amide bonds. The number of carbonyl (C=O) groups is 1. The number of morpholine rings is 1. The van der Waals surface area contributed by atoms with Crippen LogP contribution in [0.25, 0.3) is 0 Å². The van der Waals surface area contributed by atoms with Gasteiger partial charge in [-0.1, -0.05) is 13.8 Å². The van der Waals surface area contributed by atoms with Crippen LogP contribution in [0.4, 0.5) is 0 Å². The summed E-state index contributed by atoms with van der Waals surface area (Å²) in [4.78, 5) is 16.2. The molecule has 100 valence electrons. The van der Waals surface area contributed by atoms with Crippen LogP contribution < -0.4 is 0 Å². The summed E-state index contributed by atoms with van der Waals surface area (Å²) in [7, 11) is 3.98. The number of hydrogen-bond donors (Lipinski definition) is 0. The van der Waals surface area contributed by atoms with E-state index in [0.29, 0.717) is 6.54 Å². The number of ether oxygens (including phenoxy) is 1. The van der Waals surface area contributed by atoms with Crippen molar-refractivity contribution < 1.29 is 9.53 Å². The molecule has 0 aromatic rings. The molecule has 0 saturated carbocycles. The zero-order valence-electron chi connectivity index (χ0n) is 11.6. The zero-order chi connectivity index (χ0) is 12.8. The fourth-order valence-electron chi connectivity index (χ4n) is 2.32. The zero-order valence-corrected chi connectivity index (χ0v) is 11.6. The van der Waals surface area contributed by atoms with Gasteiger partial charge in [-0.3, -0.25) is 4.79 Å². The lowest BCUT2D eigenvalue weighted by Crippen LogP contribution is -2.47. The maximum atomic E-state index is 12.1. The molecule has 0 spiro atoms. The predicted molar refractivity (Wildman–Crippen MR) is 68.9 cm³/mol. The number of likely N-dealkylation sites (N-methyl/N-ethyl adjacent to an activating group) is 2. The van der Waals surface area contributed by atoms with Crippen molar-refractivity contribution in [3.8, 4) is 0 Å². The van der Waals surface area contributed by atoms with Crippen molar-refractivity contribution in [2.24, 2.45) is 5.92 Å². The van der Waals surface area contributed by atoms with Crippen molar-refractivity contribution in [3.63, 3.8) is 0 Å². The molecule has 1 saturated heterocycles. The molecular formula is C13H26N2O2. The van der Waals surface area contributed by atoms with E-state index in [0.717, 1.165) is 32.5 Å². The largest absolute Gasteiger partial charge is 0.374 e. The molecule has 0 aromatic carbocycles. The van der Waals surface area contributed by atoms with Crippen molar-refractivity contribution in [1.82, 2.24) is 9.80 Å². The predicted octanol–water partition coefficient (Wildman–Crippen LogP) is 1.21. The molecular weight excluding hydrogens is 216 g/mol. The maximum absolute atomic E-state index is 12.1. The third-order valence-corrected chi connectivity index (χ3v) is 3.53. The molecule has 17 heavy (non-hydrogen) atoms. The van der Waals surface area contributed by atoms with Crippen molar-refractivity contribution in [3.05, 3.63) is 0 Å². The Balaban J connectivity index is 2.42. The first-order chi connectivity index (χ1) is 8.08. The molecule has 1 atom stereocenters. The van der Waals surface area contributed by atoms with Crippen molar-refractivity contribution in [2.75, 3.05) is 40.3 Å². The molecule has 0 aromatic heterocycles. The maximum Gasteiger partial charge on any atom is 0.225 e. The number of nitrogens with zero attached hydrogens (tertiary/aromatic N) is 2. The van der Waals surface area contributed by atoms with Gasteiger partial charge in [0.1, 0.15) is 0 Å². The van der Waals surface area contributed by atoms with E-state index in [1.165, 1.54) is 0 Å². The van der Waals surface area contributed by atoms with E-state index < -0.39 is 0 Å². The minimum atomic E-state index is 0.164. The lowest BCUT2D eigenvalue weighted by atomic mass is 10.0. The van der Waals surface area contributed by atoms with Crippen LogP contribution in [0, 0.1) is 5.92 Å². The number of hydrogen-bond acceptors (Lipinski definition) is 3. The Morgan fingerprint density at radius 2 is 2.12 bits per heavy atom. The van der Waals surface area contributed by atoms with Gasteiger partial charge in [-0.2, -0.15) is 0 Å². The highest BCUT2D eigenvalue weighted by molar-refractivity contribution is 5.78. The van der Waals surface area contributed by atoms with Gasteiger partial charge in [-0.25, -0.2) is 0 Å². The molecule has 0 radical (unpaired) electrons. The van der Waals surface area contributed by atoms with E-state index >= 15 is 0 Å². The van der Waals surface area contributed by atoms with Crippen LogP contribution in [0.2, 0.25) is 0 Å². The molecule has 0 N–H and O–H groups in total. The third-order valence-electron chi connectivity index (χ3n) is 3.53. The van der Waals surface area contributed by atoms with Gasteiger partial charge >= 0.3 is 0 Å². The molecule has 0 aliphatic carbocycles. The fraction of sp³-hybridized carbons (Fsp3) is 0.923. The van der Waals surface area contributed by atoms with Gasteiger partial charge in [0.25, 0.3) is 0 Å². The Kier molecular flexibility index (Phi) is 5.92. The van der Waals surface area contributed by atoms with Gasteiger partial charge in [-0.15, -0.1) is 0 Å². The topological polar surface area (TPSA) is 32.8 Å². The van der Waals surface area contributed by atoms with Crippen molar-refractivity contribution >= 4 is 5.91 Å². The average Bonchev–Trinajstić information content (AvgIpc) is 2.30.